The van der Waals surface area contributed by atoms with Crippen molar-refractivity contribution >= 4 is 11.3 Å². The van der Waals surface area contributed by atoms with Gasteiger partial charge in [0.1, 0.15) is 0 Å². The molecule has 0 atom stereocenters. The molecule has 15 heavy (non-hydrogen) atoms. The highest BCUT2D eigenvalue weighted by Crippen LogP contribution is 2.22. The number of piperidine rings is 1. The standard InChI is InChI=1S/C11H18N2OS/c1-13-4-2-9(3-5-13)6-11-12-10(7-14)8-15-11/h8-9,14H,2-7H2,1H3. The zero-order valence-corrected chi connectivity index (χ0v) is 9.96. The summed E-state index contributed by atoms with van der Waals surface area (Å²) in [5, 5.41) is 12.1. The van der Waals surface area contributed by atoms with E-state index in [0.717, 1.165) is 18.0 Å². The summed E-state index contributed by atoms with van der Waals surface area (Å²) in [7, 11) is 2.18. The molecule has 1 N–H and O–H groups in total. The number of nitrogens with zero attached hydrogens (tertiary/aromatic N) is 2. The van der Waals surface area contributed by atoms with Gasteiger partial charge in [0.15, 0.2) is 0 Å². The highest BCUT2D eigenvalue weighted by atomic mass is 32.1. The molecule has 1 aromatic rings. The number of hydrogen-bond acceptors (Lipinski definition) is 4. The van der Waals surface area contributed by atoms with Gasteiger partial charge in [-0.15, -0.1) is 11.3 Å². The molecule has 1 fully saturated rings. The molecule has 1 saturated heterocycles. The van der Waals surface area contributed by atoms with Gasteiger partial charge in [0.2, 0.25) is 0 Å². The van der Waals surface area contributed by atoms with Gasteiger partial charge in [0.05, 0.1) is 17.3 Å². The molecular weight excluding hydrogens is 208 g/mol. The number of likely N-dealkylation sites (tertiary alicyclic amines) is 1. The van der Waals surface area contributed by atoms with E-state index in [4.69, 9.17) is 5.11 Å². The van der Waals surface area contributed by atoms with E-state index in [1.807, 2.05) is 5.38 Å². The van der Waals surface area contributed by atoms with E-state index < -0.39 is 0 Å². The molecule has 0 aliphatic carbocycles. The lowest BCUT2D eigenvalue weighted by Gasteiger charge is -2.28. The van der Waals surface area contributed by atoms with E-state index in [9.17, 15) is 0 Å². The van der Waals surface area contributed by atoms with Crippen molar-refractivity contribution in [1.29, 1.82) is 0 Å². The van der Waals surface area contributed by atoms with Gasteiger partial charge in [0.25, 0.3) is 0 Å². The monoisotopic (exact) mass is 226 g/mol. The molecule has 1 aromatic heterocycles. The molecule has 0 amide bonds. The van der Waals surface area contributed by atoms with Crippen LogP contribution in [-0.4, -0.2) is 35.1 Å². The molecule has 84 valence electrons. The minimum atomic E-state index is 0.0733. The summed E-state index contributed by atoms with van der Waals surface area (Å²) in [5.74, 6) is 0.791. The minimum absolute atomic E-state index is 0.0733. The molecule has 0 saturated carbocycles. The summed E-state index contributed by atoms with van der Waals surface area (Å²) in [6.07, 6.45) is 3.66. The predicted molar refractivity (Wildman–Crippen MR) is 62.0 cm³/mol. The van der Waals surface area contributed by atoms with Crippen molar-refractivity contribution in [2.75, 3.05) is 20.1 Å². The zero-order chi connectivity index (χ0) is 10.7. The maximum Gasteiger partial charge on any atom is 0.0932 e. The van der Waals surface area contributed by atoms with Crippen molar-refractivity contribution in [2.45, 2.75) is 25.9 Å². The van der Waals surface area contributed by atoms with Gasteiger partial charge in [-0.1, -0.05) is 0 Å². The van der Waals surface area contributed by atoms with Crippen LogP contribution in [0.15, 0.2) is 5.38 Å². The summed E-state index contributed by atoms with van der Waals surface area (Å²) in [5.41, 5.74) is 0.822. The van der Waals surface area contributed by atoms with Crippen molar-refractivity contribution in [1.82, 2.24) is 9.88 Å². The fraction of sp³-hybridized carbons (Fsp3) is 0.727. The Morgan fingerprint density at radius 3 is 2.87 bits per heavy atom. The van der Waals surface area contributed by atoms with Crippen molar-refractivity contribution in [3.63, 3.8) is 0 Å². The van der Waals surface area contributed by atoms with E-state index in [1.165, 1.54) is 30.9 Å². The molecule has 1 aliphatic heterocycles. The first-order valence-electron chi connectivity index (χ1n) is 5.50. The molecule has 0 spiro atoms. The molecule has 2 heterocycles. The van der Waals surface area contributed by atoms with Crippen molar-refractivity contribution in [3.8, 4) is 0 Å². The van der Waals surface area contributed by atoms with Crippen LogP contribution in [0, 0.1) is 5.92 Å². The van der Waals surface area contributed by atoms with Crippen LogP contribution in [0.25, 0.3) is 0 Å². The Morgan fingerprint density at radius 1 is 1.53 bits per heavy atom. The van der Waals surface area contributed by atoms with Gasteiger partial charge >= 0.3 is 0 Å². The number of hydrogen-bond donors (Lipinski definition) is 1. The maximum absolute atomic E-state index is 8.93. The lowest BCUT2D eigenvalue weighted by atomic mass is 9.94. The van der Waals surface area contributed by atoms with Crippen molar-refractivity contribution in [3.05, 3.63) is 16.1 Å². The fourth-order valence-corrected chi connectivity index (χ4v) is 2.93. The average molecular weight is 226 g/mol. The molecule has 0 aromatic carbocycles. The number of rotatable bonds is 3. The Hall–Kier alpha value is -0.450. The van der Waals surface area contributed by atoms with Crippen LogP contribution in [0.2, 0.25) is 0 Å². The molecular formula is C11H18N2OS. The molecule has 1 aliphatic rings. The van der Waals surface area contributed by atoms with E-state index >= 15 is 0 Å². The van der Waals surface area contributed by atoms with Crippen LogP contribution >= 0.6 is 11.3 Å². The summed E-state index contributed by atoms with van der Waals surface area (Å²) >= 11 is 1.68. The van der Waals surface area contributed by atoms with Crippen LogP contribution < -0.4 is 0 Å². The van der Waals surface area contributed by atoms with E-state index in [-0.39, 0.29) is 6.61 Å². The molecule has 4 heteroatoms. The van der Waals surface area contributed by atoms with Gasteiger partial charge in [-0.2, -0.15) is 0 Å². The number of aliphatic hydroxyl groups is 1. The summed E-state index contributed by atoms with van der Waals surface area (Å²) in [6, 6.07) is 0. The second-order valence-corrected chi connectivity index (χ2v) is 5.28. The molecule has 3 nitrogen and oxygen atoms in total. The van der Waals surface area contributed by atoms with Crippen LogP contribution in [0.1, 0.15) is 23.5 Å². The normalized spacial score (nSPS) is 19.6. The third kappa shape index (κ3) is 3.00. The smallest absolute Gasteiger partial charge is 0.0932 e. The average Bonchev–Trinajstić information content (AvgIpc) is 2.69. The van der Waals surface area contributed by atoms with Crippen molar-refractivity contribution in [2.24, 2.45) is 5.92 Å². The first-order valence-corrected chi connectivity index (χ1v) is 6.38. The quantitative estimate of drug-likeness (QED) is 0.849. The summed E-state index contributed by atoms with van der Waals surface area (Å²) in [6.45, 7) is 2.50. The van der Waals surface area contributed by atoms with E-state index in [1.54, 1.807) is 11.3 Å². The Balaban J connectivity index is 1.86. The van der Waals surface area contributed by atoms with E-state index in [2.05, 4.69) is 16.9 Å². The van der Waals surface area contributed by atoms with Crippen LogP contribution in [0.4, 0.5) is 0 Å². The Bertz CT molecular complexity index is 305. The van der Waals surface area contributed by atoms with Gasteiger partial charge < -0.3 is 10.0 Å². The largest absolute Gasteiger partial charge is 0.390 e. The summed E-state index contributed by atoms with van der Waals surface area (Å²) in [4.78, 5) is 6.78. The molecule has 0 unspecified atom stereocenters. The third-order valence-corrected chi connectivity index (χ3v) is 3.98. The molecule has 0 bridgehead atoms. The Morgan fingerprint density at radius 2 is 2.27 bits per heavy atom. The van der Waals surface area contributed by atoms with Crippen LogP contribution in [-0.2, 0) is 13.0 Å². The second-order valence-electron chi connectivity index (χ2n) is 4.34. The Kier molecular flexibility index (Phi) is 3.72. The second kappa shape index (κ2) is 5.05. The lowest BCUT2D eigenvalue weighted by Crippen LogP contribution is -2.30. The van der Waals surface area contributed by atoms with Crippen molar-refractivity contribution < 1.29 is 5.11 Å². The summed E-state index contributed by atoms with van der Waals surface area (Å²) < 4.78 is 0. The molecule has 2 rings (SSSR count). The van der Waals surface area contributed by atoms with Gasteiger partial charge in [-0.3, -0.25) is 0 Å². The lowest BCUT2D eigenvalue weighted by molar-refractivity contribution is 0.218. The SMILES string of the molecule is CN1CCC(Cc2nc(CO)cs2)CC1. The van der Waals surface area contributed by atoms with Crippen LogP contribution in [0.3, 0.4) is 0 Å². The zero-order valence-electron chi connectivity index (χ0n) is 9.15. The third-order valence-electron chi connectivity index (χ3n) is 3.06. The highest BCUT2D eigenvalue weighted by molar-refractivity contribution is 7.09. The maximum atomic E-state index is 8.93. The first kappa shape index (κ1) is 11.0. The number of aromatic nitrogens is 1. The van der Waals surface area contributed by atoms with Crippen LogP contribution in [0.5, 0.6) is 0 Å². The topological polar surface area (TPSA) is 36.4 Å². The number of thiazole rings is 1. The van der Waals surface area contributed by atoms with Gasteiger partial charge in [-0.05, 0) is 38.9 Å². The fourth-order valence-electron chi connectivity index (χ4n) is 2.03. The van der Waals surface area contributed by atoms with E-state index in [0.29, 0.717) is 0 Å². The first-order chi connectivity index (χ1) is 7.28. The highest BCUT2D eigenvalue weighted by Gasteiger charge is 2.18. The number of aliphatic hydroxyl groups excluding tert-OH is 1. The molecule has 0 radical (unpaired) electrons. The minimum Gasteiger partial charge on any atom is -0.390 e. The Labute approximate surface area is 94.8 Å². The van der Waals surface area contributed by atoms with Gasteiger partial charge in [-0.25, -0.2) is 4.98 Å². The predicted octanol–water partition coefficient (Wildman–Crippen LogP) is 1.52. The van der Waals surface area contributed by atoms with Gasteiger partial charge in [0, 0.05) is 11.8 Å².